The van der Waals surface area contributed by atoms with Crippen molar-refractivity contribution in [2.45, 2.75) is 0 Å². The minimum Gasteiger partial charge on any atom is -0.402 e. The average molecular weight is 381 g/mol. The first-order valence-corrected chi connectivity index (χ1v) is 7.37. The number of aromatic nitrogens is 2. The summed E-state index contributed by atoms with van der Waals surface area (Å²) in [6, 6.07) is 11.7. The van der Waals surface area contributed by atoms with Gasteiger partial charge in [-0.05, 0) is 36.4 Å². The Kier molecular flexibility index (Phi) is 4.31. The maximum Gasteiger partial charge on any atom is 0.342 e. The molecule has 0 aliphatic carbocycles. The summed E-state index contributed by atoms with van der Waals surface area (Å²) in [4.78, 5) is 3.98. The van der Waals surface area contributed by atoms with Crippen molar-refractivity contribution in [3.63, 3.8) is 0 Å². The Bertz CT molecular complexity index is 850. The molecule has 0 saturated heterocycles. The molecule has 0 saturated carbocycles. The topological polar surface area (TPSA) is 51.3 Å². The van der Waals surface area contributed by atoms with Crippen molar-refractivity contribution >= 4 is 39.8 Å². The van der Waals surface area contributed by atoms with Gasteiger partial charge in [-0.3, -0.25) is 0 Å². The van der Waals surface area contributed by atoms with Crippen molar-refractivity contribution in [2.75, 3.05) is 0 Å². The zero-order valence-corrected chi connectivity index (χ0v) is 13.3. The first-order chi connectivity index (χ1) is 10.6. The quantitative estimate of drug-likeness (QED) is 0.598. The number of hydrogen-bond acceptors (Lipinski definition) is 4. The van der Waals surface area contributed by atoms with Gasteiger partial charge in [-0.1, -0.05) is 38.7 Å². The van der Waals surface area contributed by atoms with Gasteiger partial charge in [0, 0.05) is 26.8 Å². The highest BCUT2D eigenvalue weighted by Crippen LogP contribution is 2.24. The van der Waals surface area contributed by atoms with Crippen LogP contribution >= 0.6 is 27.5 Å². The molecule has 2 aromatic carbocycles. The van der Waals surface area contributed by atoms with E-state index in [4.69, 9.17) is 16.0 Å². The van der Waals surface area contributed by atoms with Crippen LogP contribution in [0.3, 0.4) is 0 Å². The van der Waals surface area contributed by atoms with Crippen molar-refractivity contribution in [2.24, 2.45) is 4.99 Å². The lowest BCUT2D eigenvalue weighted by molar-refractivity contribution is 0.580. The third-order valence-corrected chi connectivity index (χ3v) is 3.49. The number of benzene rings is 2. The highest BCUT2D eigenvalue weighted by molar-refractivity contribution is 9.10. The first kappa shape index (κ1) is 14.9. The Hall–Kier alpha value is -2.05. The van der Waals surface area contributed by atoms with Gasteiger partial charge < -0.3 is 4.42 Å². The summed E-state index contributed by atoms with van der Waals surface area (Å²) < 4.78 is 19.7. The summed E-state index contributed by atoms with van der Waals surface area (Å²) in [5.74, 6) is -0.0985. The summed E-state index contributed by atoms with van der Waals surface area (Å²) in [5.41, 5.74) is 1.02. The van der Waals surface area contributed by atoms with Crippen LogP contribution in [0.5, 0.6) is 0 Å². The molecule has 0 aliphatic heterocycles. The minimum atomic E-state index is -0.396. The third-order valence-electron chi connectivity index (χ3n) is 2.76. The van der Waals surface area contributed by atoms with E-state index in [0.717, 1.165) is 0 Å². The summed E-state index contributed by atoms with van der Waals surface area (Å²) in [6.07, 6.45) is 1.33. The van der Waals surface area contributed by atoms with Crippen molar-refractivity contribution < 1.29 is 8.81 Å². The molecule has 1 heterocycles. The van der Waals surface area contributed by atoms with Crippen molar-refractivity contribution in [3.05, 3.63) is 63.3 Å². The van der Waals surface area contributed by atoms with Crippen LogP contribution in [-0.2, 0) is 0 Å². The van der Waals surface area contributed by atoms with E-state index in [-0.39, 0.29) is 6.01 Å². The number of rotatable bonds is 3. The maximum absolute atomic E-state index is 13.7. The molecular formula is C15H8BrClFN3O. The Morgan fingerprint density at radius 2 is 2.05 bits per heavy atom. The Labute approximate surface area is 138 Å². The van der Waals surface area contributed by atoms with Gasteiger partial charge in [-0.2, -0.15) is 0 Å². The predicted molar refractivity (Wildman–Crippen MR) is 86.1 cm³/mol. The summed E-state index contributed by atoms with van der Waals surface area (Å²) in [6.45, 7) is 0. The number of nitrogens with zero attached hydrogens (tertiary/aromatic N) is 3. The second kappa shape index (κ2) is 6.37. The molecule has 0 unspecified atom stereocenters. The second-order valence-electron chi connectivity index (χ2n) is 4.32. The van der Waals surface area contributed by atoms with Crippen LogP contribution in [0.4, 0.5) is 10.4 Å². The van der Waals surface area contributed by atoms with Crippen molar-refractivity contribution in [3.8, 4) is 11.5 Å². The summed E-state index contributed by atoms with van der Waals surface area (Å²) >= 11 is 9.10. The van der Waals surface area contributed by atoms with Crippen LogP contribution in [0.1, 0.15) is 5.56 Å². The molecule has 3 aromatic rings. The normalized spacial score (nSPS) is 11.2. The van der Waals surface area contributed by atoms with Gasteiger partial charge in [0.25, 0.3) is 0 Å². The van der Waals surface area contributed by atoms with Gasteiger partial charge in [-0.15, -0.1) is 5.10 Å². The molecule has 0 radical (unpaired) electrons. The fraction of sp³-hybridized carbons (Fsp3) is 0. The highest BCUT2D eigenvalue weighted by atomic mass is 79.9. The Balaban J connectivity index is 1.83. The van der Waals surface area contributed by atoms with Crippen LogP contribution in [0.15, 0.2) is 56.3 Å². The molecule has 22 heavy (non-hydrogen) atoms. The molecule has 1 aromatic heterocycles. The SMILES string of the molecule is Fc1cc(Br)ccc1/C=N/c1nnc(-c2cccc(Cl)c2)o1. The van der Waals surface area contributed by atoms with E-state index in [0.29, 0.717) is 26.5 Å². The second-order valence-corrected chi connectivity index (χ2v) is 5.68. The molecule has 7 heteroatoms. The van der Waals surface area contributed by atoms with E-state index in [1.807, 2.05) is 0 Å². The monoisotopic (exact) mass is 379 g/mol. The molecule has 0 bridgehead atoms. The molecule has 110 valence electrons. The molecule has 0 N–H and O–H groups in total. The maximum atomic E-state index is 13.7. The van der Waals surface area contributed by atoms with E-state index < -0.39 is 5.82 Å². The van der Waals surface area contributed by atoms with Gasteiger partial charge in [0.1, 0.15) is 5.82 Å². The molecule has 4 nitrogen and oxygen atoms in total. The lowest BCUT2D eigenvalue weighted by Crippen LogP contribution is -1.87. The van der Waals surface area contributed by atoms with Gasteiger partial charge in [0.05, 0.1) is 0 Å². The van der Waals surface area contributed by atoms with E-state index in [9.17, 15) is 4.39 Å². The van der Waals surface area contributed by atoms with Crippen molar-refractivity contribution in [1.82, 2.24) is 10.2 Å². The molecule has 0 fully saturated rings. The van der Waals surface area contributed by atoms with E-state index in [1.54, 1.807) is 36.4 Å². The molecule has 0 atom stereocenters. The number of halogens is 3. The number of hydrogen-bond donors (Lipinski definition) is 0. The zero-order chi connectivity index (χ0) is 15.5. The third kappa shape index (κ3) is 3.40. The van der Waals surface area contributed by atoms with Crippen LogP contribution in [-0.4, -0.2) is 16.4 Å². The van der Waals surface area contributed by atoms with Crippen LogP contribution in [0, 0.1) is 5.82 Å². The lowest BCUT2D eigenvalue weighted by atomic mass is 10.2. The molecule has 0 spiro atoms. The van der Waals surface area contributed by atoms with Crippen LogP contribution in [0.2, 0.25) is 5.02 Å². The van der Waals surface area contributed by atoms with Gasteiger partial charge >= 0.3 is 6.01 Å². The predicted octanol–water partition coefficient (Wildman–Crippen LogP) is 5.04. The van der Waals surface area contributed by atoms with E-state index in [2.05, 4.69) is 31.1 Å². The van der Waals surface area contributed by atoms with E-state index in [1.165, 1.54) is 12.3 Å². The molecular weight excluding hydrogens is 373 g/mol. The van der Waals surface area contributed by atoms with Crippen LogP contribution in [0.25, 0.3) is 11.5 Å². The fourth-order valence-electron chi connectivity index (χ4n) is 1.74. The lowest BCUT2D eigenvalue weighted by Gasteiger charge is -1.96. The van der Waals surface area contributed by atoms with Crippen molar-refractivity contribution in [1.29, 1.82) is 0 Å². The Morgan fingerprint density at radius 1 is 1.18 bits per heavy atom. The number of aliphatic imine (C=N–C) groups is 1. The standard InChI is InChI=1S/C15H8BrClFN3O/c16-11-5-4-10(13(18)7-11)8-19-15-21-20-14(22-15)9-2-1-3-12(17)6-9/h1-8H/b19-8+. The minimum absolute atomic E-state index is 0.0392. The first-order valence-electron chi connectivity index (χ1n) is 6.20. The average Bonchev–Trinajstić information content (AvgIpc) is 2.95. The summed E-state index contributed by atoms with van der Waals surface area (Å²) in [5, 5.41) is 8.25. The van der Waals surface area contributed by atoms with E-state index >= 15 is 0 Å². The van der Waals surface area contributed by atoms with Crippen LogP contribution < -0.4 is 0 Å². The Morgan fingerprint density at radius 3 is 2.82 bits per heavy atom. The molecule has 0 amide bonds. The van der Waals surface area contributed by atoms with Gasteiger partial charge in [0.15, 0.2) is 0 Å². The zero-order valence-electron chi connectivity index (χ0n) is 11.0. The summed E-state index contributed by atoms with van der Waals surface area (Å²) in [7, 11) is 0. The smallest absolute Gasteiger partial charge is 0.342 e. The fourth-order valence-corrected chi connectivity index (χ4v) is 2.26. The molecule has 3 rings (SSSR count). The largest absolute Gasteiger partial charge is 0.402 e. The van der Waals surface area contributed by atoms with Gasteiger partial charge in [-0.25, -0.2) is 9.38 Å². The molecule has 0 aliphatic rings. The van der Waals surface area contributed by atoms with Gasteiger partial charge in [0.2, 0.25) is 5.89 Å². The highest BCUT2D eigenvalue weighted by Gasteiger charge is 2.08.